The number of aliphatic hydroxyl groups excluding tert-OH is 1. The molecular formula is C26H47NO3. The van der Waals surface area contributed by atoms with Gasteiger partial charge in [-0.1, -0.05) is 38.0 Å². The number of nitrogens with zero attached hydrogens (tertiary/aromatic N) is 1. The summed E-state index contributed by atoms with van der Waals surface area (Å²) in [6.45, 7) is 13.4. The van der Waals surface area contributed by atoms with Gasteiger partial charge < -0.3 is 19.8 Å². The summed E-state index contributed by atoms with van der Waals surface area (Å²) in [5, 5.41) is 21.0. The van der Waals surface area contributed by atoms with Crippen molar-refractivity contribution in [3.05, 3.63) is 23.8 Å². The number of fused-ring (bicyclic) bond motifs is 1. The lowest BCUT2D eigenvalue weighted by Gasteiger charge is -2.31. The first-order valence-electron chi connectivity index (χ1n) is 12.1. The van der Waals surface area contributed by atoms with Gasteiger partial charge in [-0.15, -0.1) is 0 Å². The van der Waals surface area contributed by atoms with Gasteiger partial charge in [0.1, 0.15) is 0 Å². The number of allylic oxidation sites excluding steroid dienone is 1. The van der Waals surface area contributed by atoms with E-state index in [9.17, 15) is 10.2 Å². The van der Waals surface area contributed by atoms with Gasteiger partial charge >= 0.3 is 0 Å². The molecule has 0 aromatic carbocycles. The van der Waals surface area contributed by atoms with E-state index in [1.165, 1.54) is 5.57 Å². The average Bonchev–Trinajstić information content (AvgIpc) is 3.16. The molecular weight excluding hydrogens is 374 g/mol. The van der Waals surface area contributed by atoms with Crippen molar-refractivity contribution in [2.24, 2.45) is 17.8 Å². The number of ether oxygens (including phenoxy) is 1. The van der Waals surface area contributed by atoms with E-state index in [2.05, 4.69) is 57.9 Å². The van der Waals surface area contributed by atoms with Gasteiger partial charge in [0.2, 0.25) is 0 Å². The van der Waals surface area contributed by atoms with E-state index in [-0.39, 0.29) is 17.6 Å². The SMILES string of the molecule is CCCC[C@](C)(O)CC=C[C@@H]1[C@H]2CC(COCCCN(C)C(C)(C)C)=C[C@H]2C[C@H]1O. The summed E-state index contributed by atoms with van der Waals surface area (Å²) in [5.74, 6) is 1.16. The van der Waals surface area contributed by atoms with Gasteiger partial charge in [0.05, 0.1) is 18.3 Å². The molecule has 4 heteroatoms. The second-order valence-electron chi connectivity index (χ2n) is 11.0. The minimum Gasteiger partial charge on any atom is -0.392 e. The van der Waals surface area contributed by atoms with Gasteiger partial charge in [0.25, 0.3) is 0 Å². The van der Waals surface area contributed by atoms with Crippen LogP contribution < -0.4 is 0 Å². The predicted octanol–water partition coefficient (Wildman–Crippen LogP) is 4.95. The predicted molar refractivity (Wildman–Crippen MR) is 126 cm³/mol. The molecule has 0 radical (unpaired) electrons. The molecule has 1 fully saturated rings. The van der Waals surface area contributed by atoms with Crippen LogP contribution in [-0.4, -0.2) is 59.2 Å². The number of rotatable bonds is 12. The molecule has 2 N–H and O–H groups in total. The van der Waals surface area contributed by atoms with Crippen molar-refractivity contribution in [1.29, 1.82) is 0 Å². The fourth-order valence-electron chi connectivity index (χ4n) is 4.79. The summed E-state index contributed by atoms with van der Waals surface area (Å²) < 4.78 is 5.96. The van der Waals surface area contributed by atoms with Crippen LogP contribution in [0.2, 0.25) is 0 Å². The monoisotopic (exact) mass is 421 g/mol. The van der Waals surface area contributed by atoms with Crippen LogP contribution in [0.3, 0.4) is 0 Å². The van der Waals surface area contributed by atoms with Gasteiger partial charge in [-0.05, 0) is 84.3 Å². The number of hydrogen-bond donors (Lipinski definition) is 2. The zero-order chi connectivity index (χ0) is 22.4. The van der Waals surface area contributed by atoms with Crippen molar-refractivity contribution < 1.29 is 14.9 Å². The van der Waals surface area contributed by atoms with E-state index in [1.54, 1.807) is 0 Å². The molecule has 2 aliphatic carbocycles. The van der Waals surface area contributed by atoms with Crippen LogP contribution in [0, 0.1) is 17.8 Å². The van der Waals surface area contributed by atoms with Crippen molar-refractivity contribution in [3.8, 4) is 0 Å². The highest BCUT2D eigenvalue weighted by atomic mass is 16.5. The second-order valence-corrected chi connectivity index (χ2v) is 11.0. The van der Waals surface area contributed by atoms with Crippen LogP contribution in [0.15, 0.2) is 23.8 Å². The molecule has 2 rings (SSSR count). The molecule has 4 nitrogen and oxygen atoms in total. The first kappa shape index (κ1) is 25.6. The Morgan fingerprint density at radius 2 is 1.97 bits per heavy atom. The largest absolute Gasteiger partial charge is 0.392 e. The smallest absolute Gasteiger partial charge is 0.0676 e. The van der Waals surface area contributed by atoms with E-state index in [0.29, 0.717) is 18.3 Å². The van der Waals surface area contributed by atoms with Crippen molar-refractivity contribution >= 4 is 0 Å². The van der Waals surface area contributed by atoms with Crippen molar-refractivity contribution in [2.75, 3.05) is 26.8 Å². The number of unbranched alkanes of at least 4 members (excludes halogenated alkanes) is 1. The van der Waals surface area contributed by atoms with Crippen LogP contribution in [-0.2, 0) is 4.74 Å². The normalized spacial score (nSPS) is 28.9. The molecule has 1 saturated carbocycles. The van der Waals surface area contributed by atoms with Crippen LogP contribution in [0.25, 0.3) is 0 Å². The maximum atomic E-state index is 10.5. The Morgan fingerprint density at radius 3 is 2.63 bits per heavy atom. The van der Waals surface area contributed by atoms with Gasteiger partial charge in [-0.3, -0.25) is 0 Å². The summed E-state index contributed by atoms with van der Waals surface area (Å²) in [6.07, 6.45) is 13.0. The van der Waals surface area contributed by atoms with Gasteiger partial charge in [-0.25, -0.2) is 0 Å². The molecule has 0 spiro atoms. The fourth-order valence-corrected chi connectivity index (χ4v) is 4.79. The molecule has 2 aliphatic rings. The van der Waals surface area contributed by atoms with Crippen LogP contribution in [0.4, 0.5) is 0 Å². The third-order valence-electron chi connectivity index (χ3n) is 7.15. The molecule has 0 amide bonds. The second kappa shape index (κ2) is 11.3. The first-order chi connectivity index (χ1) is 14.0. The summed E-state index contributed by atoms with van der Waals surface area (Å²) in [5.41, 5.74) is 0.969. The van der Waals surface area contributed by atoms with Gasteiger partial charge in [0.15, 0.2) is 0 Å². The standard InChI is InChI=1S/C26H47NO3/c1-7-8-12-26(5,29)13-9-11-22-23-17-20(16-21(23)18-24(22)28)19-30-15-10-14-27(6)25(2,3)4/h9,11,16,21-24,28-29H,7-8,10,12-15,17-19H2,1-6H3/t21-,22+,23-,24+,26-/m0/s1. The van der Waals surface area contributed by atoms with E-state index in [4.69, 9.17) is 4.74 Å². The van der Waals surface area contributed by atoms with Crippen LogP contribution in [0.5, 0.6) is 0 Å². The maximum absolute atomic E-state index is 10.5. The van der Waals surface area contributed by atoms with E-state index >= 15 is 0 Å². The Bertz CT molecular complexity index is 575. The quantitative estimate of drug-likeness (QED) is 0.346. The molecule has 0 unspecified atom stereocenters. The fraction of sp³-hybridized carbons (Fsp3) is 0.846. The molecule has 0 aliphatic heterocycles. The molecule has 30 heavy (non-hydrogen) atoms. The Morgan fingerprint density at radius 1 is 1.23 bits per heavy atom. The Hall–Kier alpha value is -0.680. The minimum atomic E-state index is -0.635. The molecule has 174 valence electrons. The summed E-state index contributed by atoms with van der Waals surface area (Å²) in [4.78, 5) is 2.37. The molecule has 0 heterocycles. The highest BCUT2D eigenvalue weighted by molar-refractivity contribution is 5.21. The summed E-state index contributed by atoms with van der Waals surface area (Å²) >= 11 is 0. The van der Waals surface area contributed by atoms with E-state index < -0.39 is 5.60 Å². The van der Waals surface area contributed by atoms with Crippen molar-refractivity contribution in [1.82, 2.24) is 4.90 Å². The van der Waals surface area contributed by atoms with Gasteiger partial charge in [-0.2, -0.15) is 0 Å². The number of hydrogen-bond acceptors (Lipinski definition) is 4. The lowest BCUT2D eigenvalue weighted by atomic mass is 9.88. The van der Waals surface area contributed by atoms with Gasteiger partial charge in [0, 0.05) is 24.6 Å². The summed E-state index contributed by atoms with van der Waals surface area (Å²) in [7, 11) is 2.17. The molecule has 0 aromatic heterocycles. The average molecular weight is 422 g/mol. The molecule has 0 bridgehead atoms. The first-order valence-corrected chi connectivity index (χ1v) is 12.1. The highest BCUT2D eigenvalue weighted by Gasteiger charge is 2.43. The van der Waals surface area contributed by atoms with E-state index in [1.807, 2.05) is 6.92 Å². The lowest BCUT2D eigenvalue weighted by Crippen LogP contribution is -2.38. The van der Waals surface area contributed by atoms with Crippen molar-refractivity contribution in [2.45, 2.75) is 96.8 Å². The maximum Gasteiger partial charge on any atom is 0.0676 e. The third-order valence-corrected chi connectivity index (χ3v) is 7.15. The third kappa shape index (κ3) is 7.78. The van der Waals surface area contributed by atoms with Crippen LogP contribution in [0.1, 0.15) is 79.6 Å². The van der Waals surface area contributed by atoms with E-state index in [0.717, 1.165) is 58.3 Å². The highest BCUT2D eigenvalue weighted by Crippen LogP contribution is 2.47. The molecule has 0 saturated heterocycles. The topological polar surface area (TPSA) is 52.9 Å². The lowest BCUT2D eigenvalue weighted by molar-refractivity contribution is 0.0513. The van der Waals surface area contributed by atoms with Crippen molar-refractivity contribution in [3.63, 3.8) is 0 Å². The number of aliphatic hydroxyl groups is 2. The minimum absolute atomic E-state index is 0.200. The Labute approximate surface area is 185 Å². The molecule has 0 aromatic rings. The Balaban J connectivity index is 1.73. The molecule has 5 atom stereocenters. The zero-order valence-electron chi connectivity index (χ0n) is 20.4. The summed E-state index contributed by atoms with van der Waals surface area (Å²) in [6, 6.07) is 0. The zero-order valence-corrected chi connectivity index (χ0v) is 20.4. The Kier molecular flexibility index (Phi) is 9.60. The van der Waals surface area contributed by atoms with Crippen LogP contribution >= 0.6 is 0 Å².